The Morgan fingerprint density at radius 2 is 1.82 bits per heavy atom. The molecule has 0 saturated heterocycles. The summed E-state index contributed by atoms with van der Waals surface area (Å²) in [6.07, 6.45) is 1.01. The summed E-state index contributed by atoms with van der Waals surface area (Å²) in [5.41, 5.74) is 7.62. The average molecular weight is 248 g/mol. The second-order valence-corrected chi connectivity index (χ2v) is 4.16. The molecular weight excluding hydrogens is 234 g/mol. The highest BCUT2D eigenvalue weighted by molar-refractivity contribution is 6.32. The Balaban J connectivity index is 2.25. The molecule has 0 spiro atoms. The van der Waals surface area contributed by atoms with Gasteiger partial charge >= 0.3 is 0 Å². The molecule has 0 amide bonds. The van der Waals surface area contributed by atoms with Gasteiger partial charge in [-0.25, -0.2) is 0 Å². The fraction of sp³-hybridized carbons (Fsp3) is 0.143. The number of hydrogen-bond donors (Lipinski definition) is 1. The summed E-state index contributed by atoms with van der Waals surface area (Å²) >= 11 is 6.03. The van der Waals surface area contributed by atoms with Gasteiger partial charge in [0.15, 0.2) is 5.75 Å². The van der Waals surface area contributed by atoms with Gasteiger partial charge in [-0.2, -0.15) is 0 Å². The normalized spacial score (nSPS) is 10.2. The SMILES string of the molecule is CCc1ccc(Oc2c(N)cccc2Cl)cc1. The summed E-state index contributed by atoms with van der Waals surface area (Å²) in [5.74, 6) is 1.25. The molecule has 2 nitrogen and oxygen atoms in total. The van der Waals surface area contributed by atoms with E-state index in [0.717, 1.165) is 12.2 Å². The van der Waals surface area contributed by atoms with Gasteiger partial charge in [0, 0.05) is 0 Å². The van der Waals surface area contributed by atoms with Crippen LogP contribution < -0.4 is 10.5 Å². The van der Waals surface area contributed by atoms with E-state index in [0.29, 0.717) is 16.5 Å². The molecule has 0 unspecified atom stereocenters. The van der Waals surface area contributed by atoms with E-state index in [1.807, 2.05) is 24.3 Å². The number of benzene rings is 2. The second-order valence-electron chi connectivity index (χ2n) is 3.76. The van der Waals surface area contributed by atoms with Gasteiger partial charge in [0.2, 0.25) is 0 Å². The van der Waals surface area contributed by atoms with E-state index in [-0.39, 0.29) is 0 Å². The van der Waals surface area contributed by atoms with Gasteiger partial charge in [0.25, 0.3) is 0 Å². The maximum absolute atomic E-state index is 6.03. The fourth-order valence-electron chi connectivity index (χ4n) is 1.54. The molecule has 0 heterocycles. The lowest BCUT2D eigenvalue weighted by atomic mass is 10.2. The number of hydrogen-bond acceptors (Lipinski definition) is 2. The molecule has 0 aliphatic heterocycles. The summed E-state index contributed by atoms with van der Waals surface area (Å²) in [6, 6.07) is 13.2. The van der Waals surface area contributed by atoms with Gasteiger partial charge in [-0.1, -0.05) is 36.7 Å². The Kier molecular flexibility index (Phi) is 3.55. The molecule has 0 aliphatic carbocycles. The molecule has 0 radical (unpaired) electrons. The second kappa shape index (κ2) is 5.11. The van der Waals surface area contributed by atoms with Crippen molar-refractivity contribution in [3.05, 3.63) is 53.1 Å². The molecule has 88 valence electrons. The highest BCUT2D eigenvalue weighted by Gasteiger charge is 2.06. The fourth-order valence-corrected chi connectivity index (χ4v) is 1.76. The zero-order valence-corrected chi connectivity index (χ0v) is 10.4. The van der Waals surface area contributed by atoms with Crippen LogP contribution in [0.5, 0.6) is 11.5 Å². The molecule has 0 bridgehead atoms. The van der Waals surface area contributed by atoms with Crippen molar-refractivity contribution in [1.29, 1.82) is 0 Å². The van der Waals surface area contributed by atoms with Crippen molar-refractivity contribution in [2.24, 2.45) is 0 Å². The Bertz CT molecular complexity index is 488. The first-order chi connectivity index (χ1) is 8.20. The smallest absolute Gasteiger partial charge is 0.168 e. The molecule has 3 heteroatoms. The largest absolute Gasteiger partial charge is 0.454 e. The summed E-state index contributed by atoms with van der Waals surface area (Å²) in [4.78, 5) is 0. The van der Waals surface area contributed by atoms with Crippen LogP contribution in [0.1, 0.15) is 12.5 Å². The zero-order chi connectivity index (χ0) is 12.3. The van der Waals surface area contributed by atoms with E-state index in [4.69, 9.17) is 22.1 Å². The summed E-state index contributed by atoms with van der Waals surface area (Å²) in [7, 11) is 0. The molecule has 0 saturated carbocycles. The lowest BCUT2D eigenvalue weighted by molar-refractivity contribution is 0.485. The van der Waals surface area contributed by atoms with E-state index in [9.17, 15) is 0 Å². The lowest BCUT2D eigenvalue weighted by Crippen LogP contribution is -1.92. The number of nitrogen functional groups attached to an aromatic ring is 1. The first-order valence-corrected chi connectivity index (χ1v) is 5.89. The first-order valence-electron chi connectivity index (χ1n) is 5.51. The molecule has 2 N–H and O–H groups in total. The van der Waals surface area contributed by atoms with Crippen LogP contribution in [0, 0.1) is 0 Å². The number of rotatable bonds is 3. The Labute approximate surface area is 106 Å². The standard InChI is InChI=1S/C14H14ClNO/c1-2-10-6-8-11(9-7-10)17-14-12(15)4-3-5-13(14)16/h3-9H,2,16H2,1H3. The van der Waals surface area contributed by atoms with Crippen LogP contribution in [0.2, 0.25) is 5.02 Å². The van der Waals surface area contributed by atoms with E-state index >= 15 is 0 Å². The van der Waals surface area contributed by atoms with Crippen LogP contribution in [0.4, 0.5) is 5.69 Å². The summed E-state index contributed by atoms with van der Waals surface area (Å²) in [6.45, 7) is 2.11. The molecule has 17 heavy (non-hydrogen) atoms. The molecule has 2 rings (SSSR count). The lowest BCUT2D eigenvalue weighted by Gasteiger charge is -2.10. The van der Waals surface area contributed by atoms with Gasteiger partial charge in [-0.15, -0.1) is 0 Å². The van der Waals surface area contributed by atoms with E-state index in [2.05, 4.69) is 6.92 Å². The third kappa shape index (κ3) is 2.71. The van der Waals surface area contributed by atoms with E-state index in [1.165, 1.54) is 5.56 Å². The average Bonchev–Trinajstić information content (AvgIpc) is 2.35. The molecular formula is C14H14ClNO. The number of anilines is 1. The van der Waals surface area contributed by atoms with Crippen LogP contribution in [-0.2, 0) is 6.42 Å². The van der Waals surface area contributed by atoms with Crippen molar-refractivity contribution in [2.45, 2.75) is 13.3 Å². The Morgan fingerprint density at radius 3 is 2.41 bits per heavy atom. The van der Waals surface area contributed by atoms with Crippen LogP contribution in [-0.4, -0.2) is 0 Å². The monoisotopic (exact) mass is 247 g/mol. The van der Waals surface area contributed by atoms with Crippen molar-refractivity contribution in [2.75, 3.05) is 5.73 Å². The predicted octanol–water partition coefficient (Wildman–Crippen LogP) is 4.28. The summed E-state index contributed by atoms with van der Waals surface area (Å²) < 4.78 is 5.68. The van der Waals surface area contributed by atoms with Crippen molar-refractivity contribution >= 4 is 17.3 Å². The molecule has 0 atom stereocenters. The highest BCUT2D eigenvalue weighted by atomic mass is 35.5. The Morgan fingerprint density at radius 1 is 1.12 bits per heavy atom. The van der Waals surface area contributed by atoms with Gasteiger partial charge in [0.05, 0.1) is 10.7 Å². The van der Waals surface area contributed by atoms with Crippen molar-refractivity contribution < 1.29 is 4.74 Å². The van der Waals surface area contributed by atoms with Crippen molar-refractivity contribution in [3.63, 3.8) is 0 Å². The van der Waals surface area contributed by atoms with Crippen molar-refractivity contribution in [3.8, 4) is 11.5 Å². The highest BCUT2D eigenvalue weighted by Crippen LogP contribution is 2.34. The zero-order valence-electron chi connectivity index (χ0n) is 9.61. The molecule has 0 aliphatic rings. The summed E-state index contributed by atoms with van der Waals surface area (Å²) in [5, 5.41) is 0.518. The van der Waals surface area contributed by atoms with Gasteiger partial charge in [-0.3, -0.25) is 0 Å². The third-order valence-electron chi connectivity index (χ3n) is 2.55. The number of para-hydroxylation sites is 1. The van der Waals surface area contributed by atoms with E-state index < -0.39 is 0 Å². The minimum atomic E-state index is 0.512. The molecule has 2 aromatic rings. The van der Waals surface area contributed by atoms with Gasteiger partial charge < -0.3 is 10.5 Å². The molecule has 0 fully saturated rings. The topological polar surface area (TPSA) is 35.2 Å². The van der Waals surface area contributed by atoms with Gasteiger partial charge in [-0.05, 0) is 36.2 Å². The molecule has 2 aromatic carbocycles. The number of halogens is 1. The van der Waals surface area contributed by atoms with Gasteiger partial charge in [0.1, 0.15) is 5.75 Å². The minimum absolute atomic E-state index is 0.512. The number of aryl methyl sites for hydroxylation is 1. The predicted molar refractivity (Wildman–Crippen MR) is 71.8 cm³/mol. The minimum Gasteiger partial charge on any atom is -0.454 e. The maximum atomic E-state index is 6.03. The quantitative estimate of drug-likeness (QED) is 0.822. The van der Waals surface area contributed by atoms with Crippen LogP contribution in [0.25, 0.3) is 0 Å². The van der Waals surface area contributed by atoms with Crippen LogP contribution in [0.15, 0.2) is 42.5 Å². The van der Waals surface area contributed by atoms with Crippen LogP contribution >= 0.6 is 11.6 Å². The Hall–Kier alpha value is -1.67. The van der Waals surface area contributed by atoms with Crippen LogP contribution in [0.3, 0.4) is 0 Å². The first kappa shape index (κ1) is 11.8. The van der Waals surface area contributed by atoms with E-state index in [1.54, 1.807) is 18.2 Å². The maximum Gasteiger partial charge on any atom is 0.168 e. The number of nitrogens with two attached hydrogens (primary N) is 1. The molecule has 0 aromatic heterocycles. The number of ether oxygens (including phenoxy) is 1. The third-order valence-corrected chi connectivity index (χ3v) is 2.85. The van der Waals surface area contributed by atoms with Crippen molar-refractivity contribution in [1.82, 2.24) is 0 Å².